The van der Waals surface area contributed by atoms with Gasteiger partial charge in [0, 0.05) is 22.7 Å². The van der Waals surface area contributed by atoms with E-state index in [0.29, 0.717) is 18.2 Å². The van der Waals surface area contributed by atoms with Gasteiger partial charge in [-0.3, -0.25) is 0 Å². The second kappa shape index (κ2) is 6.33. The van der Waals surface area contributed by atoms with Gasteiger partial charge < -0.3 is 14.8 Å². The molecule has 1 aliphatic heterocycles. The smallest absolute Gasteiger partial charge is 0.331 e. The molecule has 6 heteroatoms. The molecule has 1 N–H and O–H groups in total. The van der Waals surface area contributed by atoms with Crippen LogP contribution >= 0.6 is 27.5 Å². The largest absolute Gasteiger partial charge is 0.467 e. The highest BCUT2D eigenvalue weighted by Crippen LogP contribution is 2.33. The molecule has 0 saturated carbocycles. The van der Waals surface area contributed by atoms with Crippen LogP contribution in [0.3, 0.4) is 0 Å². The Bertz CT molecular complexity index is 505. The highest BCUT2D eigenvalue weighted by Gasteiger charge is 2.44. The lowest BCUT2D eigenvalue weighted by molar-refractivity contribution is -0.147. The zero-order valence-electron chi connectivity index (χ0n) is 11.4. The van der Waals surface area contributed by atoms with Gasteiger partial charge in [-0.1, -0.05) is 11.6 Å². The quantitative estimate of drug-likeness (QED) is 0.833. The minimum Gasteiger partial charge on any atom is -0.467 e. The summed E-state index contributed by atoms with van der Waals surface area (Å²) in [5.41, 5.74) is -0.0144. The first kappa shape index (κ1) is 15.6. The molecule has 2 unspecified atom stereocenters. The monoisotopic (exact) mass is 361 g/mol. The van der Waals surface area contributed by atoms with Crippen LogP contribution in [0.1, 0.15) is 13.3 Å². The Hall–Kier alpha value is -0.780. The molecule has 1 fully saturated rings. The lowest BCUT2D eigenvalue weighted by Gasteiger charge is -2.33. The summed E-state index contributed by atoms with van der Waals surface area (Å²) >= 11 is 9.36. The Morgan fingerprint density at radius 3 is 2.90 bits per heavy atom. The summed E-state index contributed by atoms with van der Waals surface area (Å²) < 4.78 is 11.1. The predicted molar refractivity (Wildman–Crippen MR) is 82.1 cm³/mol. The lowest BCUT2D eigenvalue weighted by atomic mass is 9.84. The molecule has 1 heterocycles. The van der Waals surface area contributed by atoms with Crippen molar-refractivity contribution in [3.8, 4) is 0 Å². The van der Waals surface area contributed by atoms with Gasteiger partial charge >= 0.3 is 5.97 Å². The maximum absolute atomic E-state index is 12.2. The number of hydrogen-bond donors (Lipinski definition) is 1. The van der Waals surface area contributed by atoms with Crippen LogP contribution in [0.15, 0.2) is 22.7 Å². The molecule has 0 bridgehead atoms. The molecule has 1 aromatic carbocycles. The molecule has 4 nitrogen and oxygen atoms in total. The molecule has 20 heavy (non-hydrogen) atoms. The number of carbonyl (C=O) groups excluding carboxylic acids is 1. The minimum absolute atomic E-state index is 0.0735. The summed E-state index contributed by atoms with van der Waals surface area (Å²) in [7, 11) is 1.40. The van der Waals surface area contributed by atoms with Crippen molar-refractivity contribution in [3.63, 3.8) is 0 Å². The zero-order chi connectivity index (χ0) is 14.8. The van der Waals surface area contributed by atoms with Gasteiger partial charge in [0.25, 0.3) is 0 Å². The van der Waals surface area contributed by atoms with Crippen molar-refractivity contribution in [2.75, 3.05) is 25.6 Å². The van der Waals surface area contributed by atoms with Crippen LogP contribution in [0, 0.1) is 5.92 Å². The summed E-state index contributed by atoms with van der Waals surface area (Å²) in [4.78, 5) is 12.2. The van der Waals surface area contributed by atoms with Gasteiger partial charge in [0.2, 0.25) is 0 Å². The molecule has 0 radical (unpaired) electrons. The van der Waals surface area contributed by atoms with Gasteiger partial charge in [0.1, 0.15) is 5.54 Å². The number of benzene rings is 1. The molecule has 0 aromatic heterocycles. The summed E-state index contributed by atoms with van der Waals surface area (Å²) in [6.45, 7) is 3.07. The molecular weight excluding hydrogens is 346 g/mol. The number of rotatable bonds is 4. The van der Waals surface area contributed by atoms with Crippen LogP contribution in [0.25, 0.3) is 0 Å². The van der Waals surface area contributed by atoms with Crippen LogP contribution in [0.5, 0.6) is 0 Å². The summed E-state index contributed by atoms with van der Waals surface area (Å²) in [5.74, 6) is -0.219. The number of methoxy groups -OCH3 is 1. The highest BCUT2D eigenvalue weighted by molar-refractivity contribution is 9.10. The highest BCUT2D eigenvalue weighted by atomic mass is 79.9. The van der Waals surface area contributed by atoms with Crippen molar-refractivity contribution in [2.24, 2.45) is 5.92 Å². The van der Waals surface area contributed by atoms with E-state index in [1.54, 1.807) is 6.07 Å². The van der Waals surface area contributed by atoms with Gasteiger partial charge in [0.15, 0.2) is 0 Å². The minimum atomic E-state index is -0.821. The molecule has 0 amide bonds. The van der Waals surface area contributed by atoms with Crippen molar-refractivity contribution < 1.29 is 14.3 Å². The van der Waals surface area contributed by atoms with Crippen molar-refractivity contribution in [3.05, 3.63) is 27.7 Å². The summed E-state index contributed by atoms with van der Waals surface area (Å²) in [6, 6.07) is 5.46. The lowest BCUT2D eigenvalue weighted by Crippen LogP contribution is -2.51. The number of anilines is 1. The van der Waals surface area contributed by atoms with Crippen LogP contribution in [0.2, 0.25) is 5.02 Å². The summed E-state index contributed by atoms with van der Waals surface area (Å²) in [6.07, 6.45) is 0.827. The molecule has 2 rings (SSSR count). The molecule has 2 atom stereocenters. The normalized spacial score (nSPS) is 21.3. The Balaban J connectivity index is 2.27. The summed E-state index contributed by atoms with van der Waals surface area (Å²) in [5, 5.41) is 3.90. The topological polar surface area (TPSA) is 47.6 Å². The third kappa shape index (κ3) is 3.10. The van der Waals surface area contributed by atoms with E-state index >= 15 is 0 Å². The molecule has 0 aliphatic carbocycles. The number of esters is 1. The Morgan fingerprint density at radius 2 is 2.35 bits per heavy atom. The fourth-order valence-corrected chi connectivity index (χ4v) is 2.89. The van der Waals surface area contributed by atoms with Crippen molar-refractivity contribution in [2.45, 2.75) is 18.9 Å². The Labute approximate surface area is 131 Å². The van der Waals surface area contributed by atoms with Crippen LogP contribution in [-0.4, -0.2) is 31.8 Å². The van der Waals surface area contributed by atoms with Gasteiger partial charge in [0.05, 0.1) is 18.7 Å². The molecule has 0 spiro atoms. The van der Waals surface area contributed by atoms with Gasteiger partial charge in [-0.2, -0.15) is 0 Å². The second-order valence-electron chi connectivity index (χ2n) is 5.01. The van der Waals surface area contributed by atoms with E-state index < -0.39 is 5.54 Å². The number of ether oxygens (including phenoxy) is 2. The first-order chi connectivity index (χ1) is 9.47. The van der Waals surface area contributed by atoms with E-state index in [1.165, 1.54) is 7.11 Å². The molecule has 110 valence electrons. The number of carbonyl (C=O) groups is 1. The van der Waals surface area contributed by atoms with Crippen molar-refractivity contribution in [1.82, 2.24) is 0 Å². The first-order valence-electron chi connectivity index (χ1n) is 6.37. The average molecular weight is 363 g/mol. The SMILES string of the molecule is COC(=O)C(C)(Nc1ccc(Cl)c(Br)c1)C1CCOC1. The fourth-order valence-electron chi connectivity index (χ4n) is 2.40. The number of nitrogens with one attached hydrogen (secondary N) is 1. The van der Waals surface area contributed by atoms with Crippen molar-refractivity contribution >= 4 is 39.2 Å². The van der Waals surface area contributed by atoms with Crippen LogP contribution in [-0.2, 0) is 14.3 Å². The molecule has 1 aliphatic rings. The Kier molecular flexibility index (Phi) is 4.94. The maximum atomic E-state index is 12.2. The van der Waals surface area contributed by atoms with E-state index in [1.807, 2.05) is 19.1 Å². The average Bonchev–Trinajstić information content (AvgIpc) is 2.96. The van der Waals surface area contributed by atoms with E-state index in [9.17, 15) is 4.79 Å². The second-order valence-corrected chi connectivity index (χ2v) is 6.27. The number of hydrogen-bond acceptors (Lipinski definition) is 4. The standard InChI is InChI=1S/C14H17BrClNO3/c1-14(13(18)19-2,9-5-6-20-8-9)17-10-3-4-12(16)11(15)7-10/h3-4,7,9,17H,5-6,8H2,1-2H3. The zero-order valence-corrected chi connectivity index (χ0v) is 13.8. The maximum Gasteiger partial charge on any atom is 0.331 e. The van der Waals surface area contributed by atoms with E-state index in [2.05, 4.69) is 21.2 Å². The van der Waals surface area contributed by atoms with E-state index in [4.69, 9.17) is 21.1 Å². The van der Waals surface area contributed by atoms with Gasteiger partial charge in [-0.15, -0.1) is 0 Å². The van der Waals surface area contributed by atoms with Crippen LogP contribution in [0.4, 0.5) is 5.69 Å². The van der Waals surface area contributed by atoms with E-state index in [-0.39, 0.29) is 11.9 Å². The third-order valence-corrected chi connectivity index (χ3v) is 4.89. The van der Waals surface area contributed by atoms with Crippen LogP contribution < -0.4 is 5.32 Å². The molecule has 1 saturated heterocycles. The Morgan fingerprint density at radius 1 is 1.60 bits per heavy atom. The van der Waals surface area contributed by atoms with E-state index in [0.717, 1.165) is 16.6 Å². The fraction of sp³-hybridized carbons (Fsp3) is 0.500. The third-order valence-electron chi connectivity index (χ3n) is 3.68. The predicted octanol–water partition coefficient (Wildman–Crippen LogP) is 3.48. The van der Waals surface area contributed by atoms with Gasteiger partial charge in [-0.25, -0.2) is 4.79 Å². The number of halogens is 2. The molecular formula is C14H17BrClNO3. The molecule has 1 aromatic rings. The van der Waals surface area contributed by atoms with Crippen molar-refractivity contribution in [1.29, 1.82) is 0 Å². The van der Waals surface area contributed by atoms with Gasteiger partial charge in [-0.05, 0) is 47.5 Å². The first-order valence-corrected chi connectivity index (χ1v) is 7.54.